The van der Waals surface area contributed by atoms with Gasteiger partial charge in [-0.2, -0.15) is 0 Å². The third-order valence-electron chi connectivity index (χ3n) is 1.41. The molecule has 0 N–H and O–H groups in total. The van der Waals surface area contributed by atoms with Crippen molar-refractivity contribution in [2.45, 2.75) is 6.61 Å². The Hall–Kier alpha value is -1.49. The van der Waals surface area contributed by atoms with Crippen LogP contribution in [0.2, 0.25) is 0 Å². The fourth-order valence-corrected chi connectivity index (χ4v) is 0.841. The minimum Gasteiger partial charge on any atom is -0.464 e. The number of hydrogen-bond acceptors (Lipinski definition) is 5. The van der Waals surface area contributed by atoms with E-state index in [1.54, 1.807) is 7.11 Å². The molecule has 5 nitrogen and oxygen atoms in total. The smallest absolute Gasteiger partial charge is 0.356 e. The summed E-state index contributed by atoms with van der Waals surface area (Å²) in [6, 6.07) is 1.54. The van der Waals surface area contributed by atoms with Crippen LogP contribution in [0.25, 0.3) is 0 Å². The van der Waals surface area contributed by atoms with Crippen LogP contribution < -0.4 is 0 Å². The monoisotopic (exact) mass is 182 g/mol. The first-order valence-corrected chi connectivity index (χ1v) is 3.66. The van der Waals surface area contributed by atoms with Crippen LogP contribution in [0.3, 0.4) is 0 Å². The van der Waals surface area contributed by atoms with E-state index in [-0.39, 0.29) is 5.69 Å². The van der Waals surface area contributed by atoms with Gasteiger partial charge in [0, 0.05) is 7.11 Å². The molecule has 0 bridgehead atoms. The van der Waals surface area contributed by atoms with Crippen molar-refractivity contribution in [2.75, 3.05) is 14.2 Å². The quantitative estimate of drug-likeness (QED) is 0.633. The van der Waals surface area contributed by atoms with Crippen molar-refractivity contribution in [2.24, 2.45) is 0 Å². The molecule has 1 rings (SSSR count). The van der Waals surface area contributed by atoms with Crippen molar-refractivity contribution in [3.8, 4) is 0 Å². The summed E-state index contributed by atoms with van der Waals surface area (Å²) in [6.45, 7) is 0.354. The van der Waals surface area contributed by atoms with Gasteiger partial charge < -0.3 is 9.47 Å². The predicted molar refractivity (Wildman–Crippen MR) is 44.1 cm³/mol. The molecule has 0 aliphatic heterocycles. The molecule has 0 fully saturated rings. The first-order valence-electron chi connectivity index (χ1n) is 3.66. The number of rotatable bonds is 3. The molecule has 0 unspecified atom stereocenters. The van der Waals surface area contributed by atoms with Crippen molar-refractivity contribution < 1.29 is 14.3 Å². The summed E-state index contributed by atoms with van der Waals surface area (Å²) < 4.78 is 9.35. The fraction of sp³-hybridized carbons (Fsp3) is 0.375. The number of nitrogens with zero attached hydrogens (tertiary/aromatic N) is 2. The number of aromatic nitrogens is 2. The maximum absolute atomic E-state index is 11.0. The molecule has 70 valence electrons. The van der Waals surface area contributed by atoms with Gasteiger partial charge in [0.1, 0.15) is 6.33 Å². The van der Waals surface area contributed by atoms with E-state index >= 15 is 0 Å². The fourth-order valence-electron chi connectivity index (χ4n) is 0.841. The lowest BCUT2D eigenvalue weighted by atomic mass is 10.3. The number of carbonyl (C=O) groups excluding carboxylic acids is 1. The van der Waals surface area contributed by atoms with Crippen LogP contribution in [0.4, 0.5) is 0 Å². The Bertz CT molecular complexity index is 301. The van der Waals surface area contributed by atoms with Crippen LogP contribution in [0, 0.1) is 0 Å². The molecular formula is C8H10N2O3. The summed E-state index contributed by atoms with van der Waals surface area (Å²) in [7, 11) is 2.86. The lowest BCUT2D eigenvalue weighted by Gasteiger charge is -2.00. The first-order chi connectivity index (χ1) is 6.27. The molecule has 0 aliphatic carbocycles. The number of methoxy groups -OCH3 is 2. The largest absolute Gasteiger partial charge is 0.464 e. The summed E-state index contributed by atoms with van der Waals surface area (Å²) in [5.41, 5.74) is 0.891. The molecule has 0 spiro atoms. The molecule has 13 heavy (non-hydrogen) atoms. The lowest BCUT2D eigenvalue weighted by molar-refractivity contribution is 0.0593. The average molecular weight is 182 g/mol. The normalized spacial score (nSPS) is 9.69. The second-order valence-electron chi connectivity index (χ2n) is 2.32. The van der Waals surface area contributed by atoms with E-state index in [4.69, 9.17) is 4.74 Å². The van der Waals surface area contributed by atoms with E-state index in [1.165, 1.54) is 19.5 Å². The van der Waals surface area contributed by atoms with Gasteiger partial charge >= 0.3 is 5.97 Å². The first kappa shape index (κ1) is 9.60. The van der Waals surface area contributed by atoms with Gasteiger partial charge in [-0.25, -0.2) is 14.8 Å². The highest BCUT2D eigenvalue weighted by molar-refractivity contribution is 5.87. The molecule has 0 aliphatic rings. The molecule has 5 heteroatoms. The van der Waals surface area contributed by atoms with Crippen LogP contribution in [0.15, 0.2) is 12.4 Å². The van der Waals surface area contributed by atoms with Crippen LogP contribution in [-0.2, 0) is 16.1 Å². The van der Waals surface area contributed by atoms with Gasteiger partial charge in [-0.3, -0.25) is 0 Å². The van der Waals surface area contributed by atoms with Crippen molar-refractivity contribution in [1.82, 2.24) is 9.97 Å². The third kappa shape index (κ3) is 2.48. The summed E-state index contributed by atoms with van der Waals surface area (Å²) in [5.74, 6) is -0.472. The summed E-state index contributed by atoms with van der Waals surface area (Å²) in [4.78, 5) is 18.7. The minimum atomic E-state index is -0.472. The second-order valence-corrected chi connectivity index (χ2v) is 2.32. The van der Waals surface area contributed by atoms with Gasteiger partial charge in [-0.1, -0.05) is 0 Å². The van der Waals surface area contributed by atoms with Crippen molar-refractivity contribution in [1.29, 1.82) is 0 Å². The van der Waals surface area contributed by atoms with Crippen LogP contribution in [0.5, 0.6) is 0 Å². The molecule has 1 aromatic heterocycles. The molecular weight excluding hydrogens is 172 g/mol. The molecule has 1 heterocycles. The molecule has 1 aromatic rings. The summed E-state index contributed by atoms with van der Waals surface area (Å²) >= 11 is 0. The molecule has 0 aromatic carbocycles. The van der Waals surface area contributed by atoms with E-state index in [2.05, 4.69) is 14.7 Å². The Balaban J connectivity index is 2.85. The van der Waals surface area contributed by atoms with E-state index in [1.807, 2.05) is 0 Å². The number of hydrogen-bond donors (Lipinski definition) is 0. The SMILES string of the molecule is COCc1cc(C(=O)OC)ncn1. The van der Waals surface area contributed by atoms with Gasteiger partial charge in [0.05, 0.1) is 19.4 Å². The van der Waals surface area contributed by atoms with Crippen molar-refractivity contribution in [3.63, 3.8) is 0 Å². The zero-order valence-electron chi connectivity index (χ0n) is 7.48. The van der Waals surface area contributed by atoms with Crippen LogP contribution >= 0.6 is 0 Å². The highest BCUT2D eigenvalue weighted by Gasteiger charge is 2.07. The Labute approximate surface area is 75.7 Å². The number of ether oxygens (including phenoxy) is 2. The highest BCUT2D eigenvalue weighted by atomic mass is 16.5. The minimum absolute atomic E-state index is 0.240. The maximum Gasteiger partial charge on any atom is 0.356 e. The predicted octanol–water partition coefficient (Wildman–Crippen LogP) is 0.410. The van der Waals surface area contributed by atoms with Crippen LogP contribution in [-0.4, -0.2) is 30.2 Å². The Morgan fingerprint density at radius 1 is 1.46 bits per heavy atom. The Morgan fingerprint density at radius 3 is 2.85 bits per heavy atom. The number of esters is 1. The highest BCUT2D eigenvalue weighted by Crippen LogP contribution is 2.00. The summed E-state index contributed by atoms with van der Waals surface area (Å²) in [5, 5.41) is 0. The van der Waals surface area contributed by atoms with Gasteiger partial charge in [0.2, 0.25) is 0 Å². The molecule has 0 radical (unpaired) electrons. The Kier molecular flexibility index (Phi) is 3.33. The van der Waals surface area contributed by atoms with Gasteiger partial charge in [0.25, 0.3) is 0 Å². The van der Waals surface area contributed by atoms with E-state index in [0.717, 1.165) is 0 Å². The van der Waals surface area contributed by atoms with Crippen molar-refractivity contribution >= 4 is 5.97 Å². The Morgan fingerprint density at radius 2 is 2.23 bits per heavy atom. The zero-order chi connectivity index (χ0) is 9.68. The summed E-state index contributed by atoms with van der Waals surface area (Å²) in [6.07, 6.45) is 1.31. The van der Waals surface area contributed by atoms with Gasteiger partial charge in [-0.05, 0) is 6.07 Å². The van der Waals surface area contributed by atoms with E-state index in [0.29, 0.717) is 12.3 Å². The van der Waals surface area contributed by atoms with E-state index < -0.39 is 5.97 Å². The topological polar surface area (TPSA) is 61.3 Å². The molecule has 0 amide bonds. The third-order valence-corrected chi connectivity index (χ3v) is 1.41. The van der Waals surface area contributed by atoms with Crippen molar-refractivity contribution in [3.05, 3.63) is 23.8 Å². The zero-order valence-corrected chi connectivity index (χ0v) is 7.48. The van der Waals surface area contributed by atoms with Gasteiger partial charge in [0.15, 0.2) is 5.69 Å². The lowest BCUT2D eigenvalue weighted by Crippen LogP contribution is -2.06. The molecule has 0 saturated heterocycles. The maximum atomic E-state index is 11.0. The van der Waals surface area contributed by atoms with Gasteiger partial charge in [-0.15, -0.1) is 0 Å². The molecule has 0 atom stereocenters. The molecule has 0 saturated carbocycles. The second kappa shape index (κ2) is 4.51. The van der Waals surface area contributed by atoms with E-state index in [9.17, 15) is 4.79 Å². The standard InChI is InChI=1S/C8H10N2O3/c1-12-4-6-3-7(8(11)13-2)10-5-9-6/h3,5H,4H2,1-2H3. The number of carbonyl (C=O) groups is 1. The average Bonchev–Trinajstić information content (AvgIpc) is 2.18. The van der Waals surface area contributed by atoms with Crippen LogP contribution in [0.1, 0.15) is 16.2 Å².